The quantitative estimate of drug-likeness (QED) is 0.806. The van der Waals surface area contributed by atoms with E-state index in [-0.39, 0.29) is 11.8 Å². The van der Waals surface area contributed by atoms with Crippen LogP contribution in [0.15, 0.2) is 28.8 Å². The molecular weight excluding hydrogens is 346 g/mol. The van der Waals surface area contributed by atoms with Gasteiger partial charge in [0.25, 0.3) is 5.91 Å². The van der Waals surface area contributed by atoms with Gasteiger partial charge in [0.1, 0.15) is 17.1 Å². The average Bonchev–Trinajstić information content (AvgIpc) is 3.04. The van der Waals surface area contributed by atoms with E-state index in [9.17, 15) is 9.59 Å². The highest BCUT2D eigenvalue weighted by molar-refractivity contribution is 5.96. The van der Waals surface area contributed by atoms with E-state index in [1.807, 2.05) is 29.2 Å². The van der Waals surface area contributed by atoms with Crippen LogP contribution in [0, 0.1) is 13.8 Å². The number of piperazine rings is 1. The maximum atomic E-state index is 12.7. The third-order valence-corrected chi connectivity index (χ3v) is 4.97. The highest BCUT2D eigenvalue weighted by atomic mass is 16.5. The molecule has 0 aliphatic carbocycles. The predicted octanol–water partition coefficient (Wildman–Crippen LogP) is 2.22. The monoisotopic (exact) mass is 371 g/mol. The Morgan fingerprint density at radius 3 is 2.41 bits per heavy atom. The van der Waals surface area contributed by atoms with Gasteiger partial charge in [-0.3, -0.25) is 9.59 Å². The SMILES string of the molecule is COc1ccccc1CCC(=O)N1CCN(C(=O)c2c(C)noc2C)CC1. The van der Waals surface area contributed by atoms with Crippen molar-refractivity contribution in [3.8, 4) is 5.75 Å². The smallest absolute Gasteiger partial charge is 0.259 e. The molecule has 0 N–H and O–H groups in total. The molecule has 0 saturated carbocycles. The van der Waals surface area contributed by atoms with E-state index in [1.54, 1.807) is 25.9 Å². The Kier molecular flexibility index (Phi) is 5.78. The second kappa shape index (κ2) is 8.24. The molecule has 1 aliphatic heterocycles. The van der Waals surface area contributed by atoms with Crippen LogP contribution in [0.2, 0.25) is 0 Å². The Bertz CT molecular complexity index is 803. The van der Waals surface area contributed by atoms with Crippen molar-refractivity contribution in [1.82, 2.24) is 15.0 Å². The highest BCUT2D eigenvalue weighted by Crippen LogP contribution is 2.20. The number of carbonyl (C=O) groups is 2. The summed E-state index contributed by atoms with van der Waals surface area (Å²) in [6.45, 7) is 5.62. The summed E-state index contributed by atoms with van der Waals surface area (Å²) in [7, 11) is 1.63. The summed E-state index contributed by atoms with van der Waals surface area (Å²) in [5.41, 5.74) is 2.17. The van der Waals surface area contributed by atoms with Crippen molar-refractivity contribution in [1.29, 1.82) is 0 Å². The van der Waals surface area contributed by atoms with Crippen LogP contribution in [0.3, 0.4) is 0 Å². The van der Waals surface area contributed by atoms with Gasteiger partial charge in [-0.2, -0.15) is 0 Å². The number of methoxy groups -OCH3 is 1. The molecule has 1 fully saturated rings. The summed E-state index contributed by atoms with van der Waals surface area (Å²) in [5, 5.41) is 3.85. The fourth-order valence-corrected chi connectivity index (χ4v) is 3.41. The first-order chi connectivity index (χ1) is 13.0. The molecule has 0 bridgehead atoms. The lowest BCUT2D eigenvalue weighted by Gasteiger charge is -2.34. The second-order valence-electron chi connectivity index (χ2n) is 6.68. The number of para-hydroxylation sites is 1. The minimum Gasteiger partial charge on any atom is -0.496 e. The summed E-state index contributed by atoms with van der Waals surface area (Å²) >= 11 is 0. The number of hydrogen-bond acceptors (Lipinski definition) is 5. The molecule has 0 radical (unpaired) electrons. The first-order valence-electron chi connectivity index (χ1n) is 9.13. The average molecular weight is 371 g/mol. The molecule has 3 rings (SSSR count). The van der Waals surface area contributed by atoms with E-state index >= 15 is 0 Å². The van der Waals surface area contributed by atoms with Crippen molar-refractivity contribution in [3.63, 3.8) is 0 Å². The molecular formula is C20H25N3O4. The van der Waals surface area contributed by atoms with E-state index in [0.717, 1.165) is 11.3 Å². The fourth-order valence-electron chi connectivity index (χ4n) is 3.41. The van der Waals surface area contributed by atoms with Gasteiger partial charge in [-0.05, 0) is 31.9 Å². The number of aromatic nitrogens is 1. The van der Waals surface area contributed by atoms with E-state index < -0.39 is 0 Å². The molecule has 144 valence electrons. The zero-order valence-corrected chi connectivity index (χ0v) is 16.0. The molecule has 7 heteroatoms. The van der Waals surface area contributed by atoms with Crippen LogP contribution in [-0.2, 0) is 11.2 Å². The first kappa shape index (κ1) is 18.9. The van der Waals surface area contributed by atoms with Gasteiger partial charge in [0.2, 0.25) is 5.91 Å². The van der Waals surface area contributed by atoms with Gasteiger partial charge in [-0.25, -0.2) is 0 Å². The Hall–Kier alpha value is -2.83. The van der Waals surface area contributed by atoms with Crippen LogP contribution in [0.25, 0.3) is 0 Å². The van der Waals surface area contributed by atoms with Crippen molar-refractivity contribution in [2.45, 2.75) is 26.7 Å². The molecule has 1 saturated heterocycles. The Morgan fingerprint density at radius 1 is 1.11 bits per heavy atom. The van der Waals surface area contributed by atoms with Gasteiger partial charge in [0, 0.05) is 32.6 Å². The highest BCUT2D eigenvalue weighted by Gasteiger charge is 2.28. The summed E-state index contributed by atoms with van der Waals surface area (Å²) in [4.78, 5) is 28.8. The molecule has 1 aromatic carbocycles. The van der Waals surface area contributed by atoms with Crippen LogP contribution >= 0.6 is 0 Å². The molecule has 27 heavy (non-hydrogen) atoms. The molecule has 2 heterocycles. The lowest BCUT2D eigenvalue weighted by atomic mass is 10.1. The molecule has 0 spiro atoms. The maximum Gasteiger partial charge on any atom is 0.259 e. The van der Waals surface area contributed by atoms with Crippen LogP contribution in [0.5, 0.6) is 5.75 Å². The summed E-state index contributed by atoms with van der Waals surface area (Å²) in [5.74, 6) is 1.37. The van der Waals surface area contributed by atoms with E-state index in [0.29, 0.717) is 56.0 Å². The number of carbonyl (C=O) groups excluding carboxylic acids is 2. The number of amides is 2. The van der Waals surface area contributed by atoms with Gasteiger partial charge < -0.3 is 19.1 Å². The van der Waals surface area contributed by atoms with E-state index in [4.69, 9.17) is 9.26 Å². The largest absolute Gasteiger partial charge is 0.496 e. The number of hydrogen-bond donors (Lipinski definition) is 0. The lowest BCUT2D eigenvalue weighted by Crippen LogP contribution is -2.50. The lowest BCUT2D eigenvalue weighted by molar-refractivity contribution is -0.132. The topological polar surface area (TPSA) is 75.9 Å². The van der Waals surface area contributed by atoms with Crippen LogP contribution < -0.4 is 4.74 Å². The van der Waals surface area contributed by atoms with Crippen molar-refractivity contribution >= 4 is 11.8 Å². The number of nitrogens with zero attached hydrogens (tertiary/aromatic N) is 3. The number of rotatable bonds is 5. The molecule has 1 aliphatic rings. The van der Waals surface area contributed by atoms with Crippen LogP contribution in [0.1, 0.15) is 33.8 Å². The van der Waals surface area contributed by atoms with Crippen LogP contribution in [-0.4, -0.2) is 60.1 Å². The summed E-state index contributed by atoms with van der Waals surface area (Å²) in [6, 6.07) is 7.74. The van der Waals surface area contributed by atoms with Crippen LogP contribution in [0.4, 0.5) is 0 Å². The molecule has 7 nitrogen and oxygen atoms in total. The molecule has 0 unspecified atom stereocenters. The second-order valence-corrected chi connectivity index (χ2v) is 6.68. The number of ether oxygens (including phenoxy) is 1. The molecule has 2 amide bonds. The zero-order chi connectivity index (χ0) is 19.4. The predicted molar refractivity (Wildman–Crippen MR) is 99.8 cm³/mol. The maximum absolute atomic E-state index is 12.7. The van der Waals surface area contributed by atoms with Gasteiger partial charge in [-0.15, -0.1) is 0 Å². The minimum atomic E-state index is -0.0765. The van der Waals surface area contributed by atoms with Gasteiger partial charge in [0.15, 0.2) is 0 Å². The van der Waals surface area contributed by atoms with Gasteiger partial charge in [0.05, 0.1) is 12.8 Å². The molecule has 0 atom stereocenters. The standard InChI is InChI=1S/C20H25N3O4/c1-14-19(15(2)27-21-14)20(25)23-12-10-22(11-13-23)18(24)9-8-16-6-4-5-7-17(16)26-3/h4-7H,8-13H2,1-3H3. The van der Waals surface area contributed by atoms with Crippen molar-refractivity contribution in [2.75, 3.05) is 33.3 Å². The zero-order valence-electron chi connectivity index (χ0n) is 16.0. The summed E-state index contributed by atoms with van der Waals surface area (Å²) < 4.78 is 10.4. The Labute approximate surface area is 158 Å². The van der Waals surface area contributed by atoms with Crippen molar-refractivity contribution in [2.24, 2.45) is 0 Å². The van der Waals surface area contributed by atoms with E-state index in [1.165, 1.54) is 0 Å². The minimum absolute atomic E-state index is 0.0765. The van der Waals surface area contributed by atoms with Gasteiger partial charge >= 0.3 is 0 Å². The molecule has 2 aromatic rings. The van der Waals surface area contributed by atoms with E-state index in [2.05, 4.69) is 5.16 Å². The summed E-state index contributed by atoms with van der Waals surface area (Å²) in [6.07, 6.45) is 1.07. The number of benzene rings is 1. The Balaban J connectivity index is 1.53. The van der Waals surface area contributed by atoms with Crippen molar-refractivity contribution in [3.05, 3.63) is 46.8 Å². The van der Waals surface area contributed by atoms with Crippen molar-refractivity contribution < 1.29 is 18.8 Å². The normalized spacial score (nSPS) is 14.3. The third-order valence-electron chi connectivity index (χ3n) is 4.97. The first-order valence-corrected chi connectivity index (χ1v) is 9.13. The third kappa shape index (κ3) is 4.13. The van der Waals surface area contributed by atoms with Gasteiger partial charge in [-0.1, -0.05) is 23.4 Å². The fraction of sp³-hybridized carbons (Fsp3) is 0.450. The Morgan fingerprint density at radius 2 is 1.78 bits per heavy atom. The number of aryl methyl sites for hydroxylation is 3. The molecule has 1 aromatic heterocycles.